The van der Waals surface area contributed by atoms with Crippen LogP contribution in [0.5, 0.6) is 0 Å². The van der Waals surface area contributed by atoms with Crippen LogP contribution in [-0.2, 0) is 9.53 Å². The molecule has 2 aliphatic rings. The molecule has 0 radical (unpaired) electrons. The lowest BCUT2D eigenvalue weighted by atomic mass is 9.98. The van der Waals surface area contributed by atoms with Crippen LogP contribution in [0.4, 0.5) is 4.39 Å². The van der Waals surface area contributed by atoms with Gasteiger partial charge in [-0.3, -0.25) is 4.79 Å². The highest BCUT2D eigenvalue weighted by Gasteiger charge is 2.23. The van der Waals surface area contributed by atoms with E-state index in [1.54, 1.807) is 6.08 Å². The van der Waals surface area contributed by atoms with Crippen LogP contribution >= 0.6 is 0 Å². The number of alkyl halides is 1. The highest BCUT2D eigenvalue weighted by molar-refractivity contribution is 6.21. The summed E-state index contributed by atoms with van der Waals surface area (Å²) in [5.74, 6) is -0.0369. The molecular weight excluding hydrogens is 185 g/mol. The molecule has 0 spiro atoms. The Labute approximate surface area is 80.3 Å². The fourth-order valence-electron chi connectivity index (χ4n) is 1.39. The Balaban J connectivity index is 2.45. The Hall–Kier alpha value is -1.71. The smallest absolute Gasteiger partial charge is 0.270 e. The first-order chi connectivity index (χ1) is 6.70. The summed E-state index contributed by atoms with van der Waals surface area (Å²) in [4.78, 5) is 14.7. The highest BCUT2D eigenvalue weighted by Crippen LogP contribution is 2.22. The Bertz CT molecular complexity index is 404. The number of allylic oxidation sites excluding steroid dienone is 4. The average Bonchev–Trinajstić information content (AvgIpc) is 2.17. The molecule has 1 amide bonds. The van der Waals surface area contributed by atoms with Gasteiger partial charge in [-0.25, -0.2) is 9.38 Å². The number of carbonyl (C=O) groups is 1. The summed E-state index contributed by atoms with van der Waals surface area (Å²) in [5.41, 5.74) is 1.00. The van der Waals surface area contributed by atoms with Crippen molar-refractivity contribution in [3.63, 3.8) is 0 Å². The molecule has 0 N–H and O–H groups in total. The van der Waals surface area contributed by atoms with Crippen molar-refractivity contribution in [1.82, 2.24) is 0 Å². The van der Waals surface area contributed by atoms with Gasteiger partial charge in [-0.05, 0) is 18.2 Å². The van der Waals surface area contributed by atoms with Crippen molar-refractivity contribution >= 4 is 11.6 Å². The Morgan fingerprint density at radius 1 is 1.43 bits per heavy atom. The number of rotatable bonds is 1. The molecule has 0 saturated carbocycles. The maximum Gasteiger partial charge on any atom is 0.270 e. The van der Waals surface area contributed by atoms with Gasteiger partial charge in [0.25, 0.3) is 5.91 Å². The third kappa shape index (κ3) is 1.39. The average molecular weight is 193 g/mol. The largest absolute Gasteiger partial charge is 0.495 e. The summed E-state index contributed by atoms with van der Waals surface area (Å²) in [5, 5.41) is 0. The van der Waals surface area contributed by atoms with Crippen LogP contribution in [0.2, 0.25) is 0 Å². The van der Waals surface area contributed by atoms with Gasteiger partial charge in [0.1, 0.15) is 17.6 Å². The van der Waals surface area contributed by atoms with E-state index in [1.165, 1.54) is 25.3 Å². The number of ether oxygens (including phenoxy) is 1. The minimum atomic E-state index is -1.18. The fourth-order valence-corrected chi connectivity index (χ4v) is 1.39. The number of hydrogen-bond acceptors (Lipinski definition) is 2. The SMILES string of the molecule is COC1=CC(F)C=C2C=CC(=O)N=C21. The lowest BCUT2D eigenvalue weighted by Gasteiger charge is -2.18. The molecule has 1 unspecified atom stereocenters. The monoisotopic (exact) mass is 193 g/mol. The van der Waals surface area contributed by atoms with Crippen LogP contribution in [0.1, 0.15) is 0 Å². The molecule has 1 atom stereocenters. The number of methoxy groups -OCH3 is 1. The van der Waals surface area contributed by atoms with Gasteiger partial charge in [0.2, 0.25) is 0 Å². The van der Waals surface area contributed by atoms with E-state index in [0.717, 1.165) is 0 Å². The number of hydrogen-bond donors (Lipinski definition) is 0. The molecule has 72 valence electrons. The van der Waals surface area contributed by atoms with E-state index in [-0.39, 0.29) is 5.91 Å². The summed E-state index contributed by atoms with van der Waals surface area (Å²) in [6, 6.07) is 0. The predicted octanol–water partition coefficient (Wildman–Crippen LogP) is 1.33. The molecule has 0 fully saturated rings. The number of carbonyl (C=O) groups excluding carboxylic acids is 1. The van der Waals surface area contributed by atoms with Crippen molar-refractivity contribution in [2.24, 2.45) is 4.99 Å². The molecule has 2 rings (SSSR count). The van der Waals surface area contributed by atoms with Gasteiger partial charge in [0.15, 0.2) is 0 Å². The predicted molar refractivity (Wildman–Crippen MR) is 49.7 cm³/mol. The number of aliphatic imine (C=N–C) groups is 1. The summed E-state index contributed by atoms with van der Waals surface area (Å²) < 4.78 is 18.0. The lowest BCUT2D eigenvalue weighted by molar-refractivity contribution is -0.113. The second-order valence-corrected chi connectivity index (χ2v) is 2.93. The first kappa shape index (κ1) is 8.87. The van der Waals surface area contributed by atoms with Crippen LogP contribution < -0.4 is 0 Å². The molecule has 0 saturated heterocycles. The van der Waals surface area contributed by atoms with Gasteiger partial charge < -0.3 is 4.74 Å². The molecule has 1 aliphatic carbocycles. The maximum absolute atomic E-state index is 13.1. The molecule has 1 aliphatic heterocycles. The first-order valence-electron chi connectivity index (χ1n) is 4.14. The molecule has 0 aromatic heterocycles. The second-order valence-electron chi connectivity index (χ2n) is 2.93. The quantitative estimate of drug-likeness (QED) is 0.630. The zero-order valence-electron chi connectivity index (χ0n) is 7.53. The number of halogens is 1. The molecule has 1 heterocycles. The zero-order chi connectivity index (χ0) is 10.1. The Morgan fingerprint density at radius 2 is 2.21 bits per heavy atom. The molecule has 3 nitrogen and oxygen atoms in total. The van der Waals surface area contributed by atoms with E-state index in [2.05, 4.69) is 4.99 Å². The zero-order valence-corrected chi connectivity index (χ0v) is 7.53. The van der Waals surface area contributed by atoms with Crippen molar-refractivity contribution in [2.45, 2.75) is 6.17 Å². The molecule has 0 aromatic rings. The van der Waals surface area contributed by atoms with E-state index in [0.29, 0.717) is 17.0 Å². The third-order valence-electron chi connectivity index (χ3n) is 2.00. The summed E-state index contributed by atoms with van der Waals surface area (Å²) in [7, 11) is 1.42. The molecule has 0 aromatic carbocycles. The molecule has 14 heavy (non-hydrogen) atoms. The van der Waals surface area contributed by atoms with E-state index in [1.807, 2.05) is 0 Å². The Morgan fingerprint density at radius 3 is 2.93 bits per heavy atom. The summed E-state index contributed by atoms with van der Waals surface area (Å²) in [6.45, 7) is 0. The maximum atomic E-state index is 13.1. The van der Waals surface area contributed by atoms with Crippen LogP contribution in [0.25, 0.3) is 0 Å². The third-order valence-corrected chi connectivity index (χ3v) is 2.00. The fraction of sp³-hybridized carbons (Fsp3) is 0.200. The Kier molecular flexibility index (Phi) is 2.04. The van der Waals surface area contributed by atoms with Gasteiger partial charge >= 0.3 is 0 Å². The number of nitrogens with zero attached hydrogens (tertiary/aromatic N) is 1. The minimum absolute atomic E-state index is 0.313. The lowest BCUT2D eigenvalue weighted by Crippen LogP contribution is -2.19. The van der Waals surface area contributed by atoms with Gasteiger partial charge in [0.05, 0.1) is 7.11 Å². The normalized spacial score (nSPS) is 24.9. The highest BCUT2D eigenvalue weighted by atomic mass is 19.1. The van der Waals surface area contributed by atoms with Gasteiger partial charge in [-0.1, -0.05) is 0 Å². The van der Waals surface area contributed by atoms with Crippen LogP contribution in [0, 0.1) is 0 Å². The van der Waals surface area contributed by atoms with E-state index < -0.39 is 6.17 Å². The van der Waals surface area contributed by atoms with Crippen LogP contribution in [0.3, 0.4) is 0 Å². The van der Waals surface area contributed by atoms with Gasteiger partial charge in [-0.2, -0.15) is 0 Å². The van der Waals surface area contributed by atoms with Crippen molar-refractivity contribution in [2.75, 3.05) is 7.11 Å². The number of fused-ring (bicyclic) bond motifs is 1. The van der Waals surface area contributed by atoms with Crippen LogP contribution in [0.15, 0.2) is 40.6 Å². The molecular formula is C10H8FNO2. The van der Waals surface area contributed by atoms with Gasteiger partial charge in [-0.15, -0.1) is 0 Å². The first-order valence-corrected chi connectivity index (χ1v) is 4.14. The van der Waals surface area contributed by atoms with E-state index in [9.17, 15) is 9.18 Å². The van der Waals surface area contributed by atoms with Crippen molar-refractivity contribution in [3.8, 4) is 0 Å². The van der Waals surface area contributed by atoms with Crippen LogP contribution in [-0.4, -0.2) is 24.9 Å². The molecule has 0 bridgehead atoms. The topological polar surface area (TPSA) is 38.7 Å². The minimum Gasteiger partial charge on any atom is -0.495 e. The van der Waals surface area contributed by atoms with Crippen molar-refractivity contribution in [1.29, 1.82) is 0 Å². The van der Waals surface area contributed by atoms with E-state index in [4.69, 9.17) is 4.74 Å². The number of dihydropyridines is 1. The van der Waals surface area contributed by atoms with Crippen molar-refractivity contribution in [3.05, 3.63) is 35.6 Å². The number of amides is 1. The van der Waals surface area contributed by atoms with E-state index >= 15 is 0 Å². The van der Waals surface area contributed by atoms with Crippen molar-refractivity contribution < 1.29 is 13.9 Å². The second kappa shape index (κ2) is 3.21. The molecule has 4 heteroatoms. The summed E-state index contributed by atoms with van der Waals surface area (Å²) >= 11 is 0. The summed E-state index contributed by atoms with van der Waals surface area (Å²) in [6.07, 6.45) is 4.35. The van der Waals surface area contributed by atoms with Gasteiger partial charge in [0, 0.05) is 11.6 Å². The standard InChI is InChI=1S/C10H8FNO2/c1-14-8-5-7(11)4-6-2-3-9(13)12-10(6)8/h2-5,7H,1H3.